The minimum atomic E-state index is -0.668. The number of nitrogen functional groups attached to an aromatic ring is 1. The molecule has 0 aromatic heterocycles. The van der Waals surface area contributed by atoms with Gasteiger partial charge in [0.05, 0.1) is 25.0 Å². The van der Waals surface area contributed by atoms with Gasteiger partial charge in [-0.3, -0.25) is 0 Å². The fraction of sp³-hybridized carbons (Fsp3) is 0.417. The monoisotopic (exact) mass is 239 g/mol. The Labute approximate surface area is 98.5 Å². The molecule has 1 aliphatic carbocycles. The maximum Gasteiger partial charge on any atom is 0.340 e. The maximum atomic E-state index is 13.3. The molecule has 1 saturated carbocycles. The van der Waals surface area contributed by atoms with Crippen molar-refractivity contribution < 1.29 is 18.7 Å². The van der Waals surface area contributed by atoms with Crippen LogP contribution in [0, 0.1) is 11.7 Å². The molecule has 0 heterocycles. The summed E-state index contributed by atoms with van der Waals surface area (Å²) in [6, 6.07) is 2.23. The molecule has 0 radical (unpaired) electrons. The van der Waals surface area contributed by atoms with Gasteiger partial charge >= 0.3 is 5.97 Å². The second kappa shape index (κ2) is 4.61. The minimum Gasteiger partial charge on any atom is -0.491 e. The maximum absolute atomic E-state index is 13.3. The molecular weight excluding hydrogens is 225 g/mol. The van der Waals surface area contributed by atoms with Crippen LogP contribution in [0.5, 0.6) is 5.75 Å². The molecule has 1 aliphatic rings. The number of anilines is 1. The van der Waals surface area contributed by atoms with E-state index in [4.69, 9.17) is 10.5 Å². The van der Waals surface area contributed by atoms with Crippen LogP contribution in [0.1, 0.15) is 23.2 Å². The summed E-state index contributed by atoms with van der Waals surface area (Å²) in [7, 11) is 1.22. The molecule has 0 amide bonds. The highest BCUT2D eigenvalue weighted by atomic mass is 19.1. The van der Waals surface area contributed by atoms with Crippen LogP contribution in [0.4, 0.5) is 10.1 Å². The standard InChI is InChI=1S/C12H14FNO3/c1-16-12(15)9-4-8(13)5-10(11(9)14)17-6-7-2-3-7/h4-5,7H,2-3,6,14H2,1H3. The predicted molar refractivity (Wildman–Crippen MR) is 60.4 cm³/mol. The van der Waals surface area contributed by atoms with Crippen molar-refractivity contribution in [1.82, 2.24) is 0 Å². The van der Waals surface area contributed by atoms with Crippen molar-refractivity contribution in [1.29, 1.82) is 0 Å². The molecule has 0 unspecified atom stereocenters. The molecule has 0 atom stereocenters. The van der Waals surface area contributed by atoms with Gasteiger partial charge in [0.25, 0.3) is 0 Å². The van der Waals surface area contributed by atoms with Gasteiger partial charge in [0, 0.05) is 6.07 Å². The second-order valence-electron chi connectivity index (χ2n) is 4.11. The molecule has 0 spiro atoms. The summed E-state index contributed by atoms with van der Waals surface area (Å²) in [6.07, 6.45) is 2.25. The van der Waals surface area contributed by atoms with Gasteiger partial charge in [-0.25, -0.2) is 9.18 Å². The Bertz CT molecular complexity index is 444. The number of carbonyl (C=O) groups excluding carboxylic acids is 1. The van der Waals surface area contributed by atoms with E-state index in [0.29, 0.717) is 12.5 Å². The van der Waals surface area contributed by atoms with Gasteiger partial charge < -0.3 is 15.2 Å². The third-order valence-electron chi connectivity index (χ3n) is 2.68. The van der Waals surface area contributed by atoms with Crippen molar-refractivity contribution in [3.8, 4) is 5.75 Å². The van der Waals surface area contributed by atoms with Crippen molar-refractivity contribution in [3.63, 3.8) is 0 Å². The van der Waals surface area contributed by atoms with Gasteiger partial charge in [-0.05, 0) is 24.8 Å². The highest BCUT2D eigenvalue weighted by Crippen LogP contribution is 2.32. The Morgan fingerprint density at radius 3 is 2.82 bits per heavy atom. The highest BCUT2D eigenvalue weighted by Gasteiger charge is 2.23. The van der Waals surface area contributed by atoms with Crippen LogP contribution < -0.4 is 10.5 Å². The molecule has 17 heavy (non-hydrogen) atoms. The van der Waals surface area contributed by atoms with Gasteiger partial charge in [-0.2, -0.15) is 0 Å². The molecule has 0 aliphatic heterocycles. The molecule has 2 rings (SSSR count). The topological polar surface area (TPSA) is 61.5 Å². The molecule has 4 nitrogen and oxygen atoms in total. The molecule has 1 aromatic carbocycles. The SMILES string of the molecule is COC(=O)c1cc(F)cc(OCC2CC2)c1N. The van der Waals surface area contributed by atoms with E-state index < -0.39 is 11.8 Å². The van der Waals surface area contributed by atoms with E-state index in [1.165, 1.54) is 13.2 Å². The number of halogens is 1. The van der Waals surface area contributed by atoms with Crippen LogP contribution >= 0.6 is 0 Å². The predicted octanol–water partition coefficient (Wildman–Crippen LogP) is 1.98. The van der Waals surface area contributed by atoms with Crippen molar-refractivity contribution >= 4 is 11.7 Å². The highest BCUT2D eigenvalue weighted by molar-refractivity contribution is 5.96. The first-order chi connectivity index (χ1) is 8.11. The van der Waals surface area contributed by atoms with E-state index in [1.54, 1.807) is 0 Å². The molecule has 0 saturated heterocycles. The lowest BCUT2D eigenvalue weighted by Gasteiger charge is -2.11. The molecule has 2 N–H and O–H groups in total. The number of methoxy groups -OCH3 is 1. The van der Waals surface area contributed by atoms with Crippen molar-refractivity contribution in [2.24, 2.45) is 5.92 Å². The van der Waals surface area contributed by atoms with Crippen LogP contribution in [-0.4, -0.2) is 19.7 Å². The summed E-state index contributed by atoms with van der Waals surface area (Å²) in [5, 5.41) is 0. The Morgan fingerprint density at radius 1 is 1.53 bits per heavy atom. The number of nitrogens with two attached hydrogens (primary N) is 1. The molecule has 5 heteroatoms. The van der Waals surface area contributed by atoms with Gasteiger partial charge in [0.15, 0.2) is 0 Å². The van der Waals surface area contributed by atoms with E-state index in [-0.39, 0.29) is 17.0 Å². The zero-order chi connectivity index (χ0) is 12.4. The molecule has 92 valence electrons. The van der Waals surface area contributed by atoms with E-state index in [9.17, 15) is 9.18 Å². The van der Waals surface area contributed by atoms with Crippen molar-refractivity contribution in [2.75, 3.05) is 19.5 Å². The summed E-state index contributed by atoms with van der Waals surface area (Å²) in [5.41, 5.74) is 5.87. The summed E-state index contributed by atoms with van der Waals surface area (Å²) < 4.78 is 23.2. The quantitative estimate of drug-likeness (QED) is 0.644. The molecule has 1 aromatic rings. The van der Waals surface area contributed by atoms with Crippen LogP contribution in [0.25, 0.3) is 0 Å². The first-order valence-electron chi connectivity index (χ1n) is 5.42. The van der Waals surface area contributed by atoms with Crippen molar-refractivity contribution in [2.45, 2.75) is 12.8 Å². The lowest BCUT2D eigenvalue weighted by Crippen LogP contribution is -2.09. The number of benzene rings is 1. The summed E-state index contributed by atoms with van der Waals surface area (Å²) >= 11 is 0. The fourth-order valence-corrected chi connectivity index (χ4v) is 1.48. The smallest absolute Gasteiger partial charge is 0.340 e. The number of carbonyl (C=O) groups is 1. The summed E-state index contributed by atoms with van der Waals surface area (Å²) in [4.78, 5) is 11.4. The largest absolute Gasteiger partial charge is 0.491 e. The first kappa shape index (κ1) is 11.7. The average molecular weight is 239 g/mol. The minimum absolute atomic E-state index is 0.00158. The Morgan fingerprint density at radius 2 is 2.24 bits per heavy atom. The lowest BCUT2D eigenvalue weighted by atomic mass is 10.1. The van der Waals surface area contributed by atoms with E-state index in [1.807, 2.05) is 0 Å². The number of ether oxygens (including phenoxy) is 2. The van der Waals surface area contributed by atoms with E-state index in [0.717, 1.165) is 18.9 Å². The molecule has 0 bridgehead atoms. The second-order valence-corrected chi connectivity index (χ2v) is 4.11. The molecule has 1 fully saturated rings. The Kier molecular flexibility index (Phi) is 3.17. The van der Waals surface area contributed by atoms with Crippen LogP contribution in [0.3, 0.4) is 0 Å². The van der Waals surface area contributed by atoms with Crippen LogP contribution in [0.2, 0.25) is 0 Å². The Balaban J connectivity index is 2.23. The number of hydrogen-bond acceptors (Lipinski definition) is 4. The zero-order valence-electron chi connectivity index (χ0n) is 9.53. The zero-order valence-corrected chi connectivity index (χ0v) is 9.53. The first-order valence-corrected chi connectivity index (χ1v) is 5.42. The van der Waals surface area contributed by atoms with E-state index in [2.05, 4.69) is 4.74 Å². The third kappa shape index (κ3) is 2.67. The van der Waals surface area contributed by atoms with Gasteiger partial charge in [0.2, 0.25) is 0 Å². The third-order valence-corrected chi connectivity index (χ3v) is 2.68. The van der Waals surface area contributed by atoms with Gasteiger partial charge in [-0.1, -0.05) is 0 Å². The average Bonchev–Trinajstić information content (AvgIpc) is 3.12. The number of rotatable bonds is 4. The molecular formula is C12H14FNO3. The number of esters is 1. The van der Waals surface area contributed by atoms with Gasteiger partial charge in [0.1, 0.15) is 11.6 Å². The van der Waals surface area contributed by atoms with Crippen LogP contribution in [-0.2, 0) is 4.74 Å². The van der Waals surface area contributed by atoms with E-state index >= 15 is 0 Å². The summed E-state index contributed by atoms with van der Waals surface area (Å²) in [6.45, 7) is 0.508. The van der Waals surface area contributed by atoms with Crippen LogP contribution in [0.15, 0.2) is 12.1 Å². The van der Waals surface area contributed by atoms with Crippen molar-refractivity contribution in [3.05, 3.63) is 23.5 Å². The Hall–Kier alpha value is -1.78. The lowest BCUT2D eigenvalue weighted by molar-refractivity contribution is 0.0601. The fourth-order valence-electron chi connectivity index (χ4n) is 1.48. The normalized spacial score (nSPS) is 14.5. The summed E-state index contributed by atoms with van der Waals surface area (Å²) in [5.74, 6) is -0.500. The van der Waals surface area contributed by atoms with Gasteiger partial charge in [-0.15, -0.1) is 0 Å². The number of hydrogen-bond donors (Lipinski definition) is 1.